The van der Waals surface area contributed by atoms with Crippen LogP contribution in [0.25, 0.3) is 0 Å². The summed E-state index contributed by atoms with van der Waals surface area (Å²) in [6.07, 6.45) is 56.3. The van der Waals surface area contributed by atoms with E-state index >= 15 is 0 Å². The summed E-state index contributed by atoms with van der Waals surface area (Å²) in [5, 5.41) is 66.0. The molecule has 8 rings (SSSR count). The maximum absolute atomic E-state index is 4.20. The Morgan fingerprint density at radius 1 is 0.186 bits per heavy atom. The zero-order valence-corrected chi connectivity index (χ0v) is 89.6. The lowest BCUT2D eigenvalue weighted by Crippen LogP contribution is -2.10. The van der Waals surface area contributed by atoms with E-state index in [9.17, 15) is 0 Å². The van der Waals surface area contributed by atoms with Crippen molar-refractivity contribution in [3.05, 3.63) is 95.1 Å². The zero-order valence-electron chi connectivity index (χ0n) is 89.6. The molecule has 8 heterocycles. The monoisotopic (exact) mass is 1800 g/mol. The summed E-state index contributed by atoms with van der Waals surface area (Å²) in [4.78, 5) is 0. The first-order valence-corrected chi connectivity index (χ1v) is 52.2. The number of aromatic nitrogens is 24. The van der Waals surface area contributed by atoms with E-state index < -0.39 is 0 Å². The van der Waals surface area contributed by atoms with Gasteiger partial charge in [-0.3, -0.25) is 18.7 Å². The summed E-state index contributed by atoms with van der Waals surface area (Å²) < 4.78 is 16.2. The van der Waals surface area contributed by atoms with Gasteiger partial charge in [-0.2, -0.15) is 0 Å². The highest BCUT2D eigenvalue weighted by Crippen LogP contribution is 2.19. The average molecular weight is 1800 g/mol. The van der Waals surface area contributed by atoms with Crippen molar-refractivity contribution < 1.29 is 0 Å². The second kappa shape index (κ2) is 73.6. The van der Waals surface area contributed by atoms with Crippen molar-refractivity contribution in [2.24, 2.45) is 94.7 Å². The van der Waals surface area contributed by atoms with Crippen molar-refractivity contribution in [3.8, 4) is 0 Å². The van der Waals surface area contributed by atoms with Crippen molar-refractivity contribution >= 4 is 0 Å². The molecular weight excluding hydrogens is 1600 g/mol. The van der Waals surface area contributed by atoms with Crippen LogP contribution in [0.2, 0.25) is 0 Å². The Morgan fingerprint density at radius 2 is 0.450 bits per heavy atom. The van der Waals surface area contributed by atoms with Crippen LogP contribution in [0, 0.1) is 94.7 Å². The molecule has 8 aromatic rings. The van der Waals surface area contributed by atoms with Crippen molar-refractivity contribution in [2.45, 2.75) is 486 Å². The lowest BCUT2D eigenvalue weighted by Gasteiger charge is -2.08. The summed E-state index contributed by atoms with van der Waals surface area (Å²) in [6.45, 7) is 80.0. The van der Waals surface area contributed by atoms with Crippen molar-refractivity contribution in [1.29, 1.82) is 0 Å². The third-order valence-electron chi connectivity index (χ3n) is 22.0. The van der Waals surface area contributed by atoms with Gasteiger partial charge in [0.2, 0.25) is 0 Å². The first kappa shape index (κ1) is 120. The Kier molecular flexibility index (Phi) is 68.5. The maximum atomic E-state index is 4.20. The first-order valence-electron chi connectivity index (χ1n) is 52.2. The van der Waals surface area contributed by atoms with E-state index in [1.165, 1.54) is 183 Å². The minimum atomic E-state index is 0.634. The van der Waals surface area contributed by atoms with Gasteiger partial charge in [-0.15, -0.1) is 40.8 Å². The van der Waals surface area contributed by atoms with Gasteiger partial charge in [0.15, 0.2) is 0 Å². The number of unbranched alkanes of at least 4 members (excludes halogenated alkanes) is 5. The van der Waals surface area contributed by atoms with Crippen LogP contribution in [-0.2, 0) is 104 Å². The molecule has 0 saturated carbocycles. The Hall–Kier alpha value is -6.88. The predicted molar refractivity (Wildman–Crippen MR) is 543 cm³/mol. The lowest BCUT2D eigenvalue weighted by molar-refractivity contribution is 0.452. The molecule has 0 radical (unpaired) electrons. The second-order valence-corrected chi connectivity index (χ2v) is 43.9. The molecular formula is C105H202N24. The van der Waals surface area contributed by atoms with Gasteiger partial charge >= 0.3 is 0 Å². The van der Waals surface area contributed by atoms with E-state index in [1.807, 2.05) is 43.5 Å². The van der Waals surface area contributed by atoms with Crippen LogP contribution >= 0.6 is 0 Å². The standard InChI is InChI=1S/C15H29N3.C14H27N3.4C13H25N3.2C12H23N3/c1-13(2)8-5-6-11-18-15(12-16-17-18)10-7-9-14(3)4;1-12(2)7-5-6-8-14-11-15-16-17(14)10-9-13(3)4;1-11(2)6-5-9-16-10-13(14-15-16)8-7-12(3)4;1-11(2)7-5-6-8-13-9-14-15-16(13)10-12(3)4;1-11(2)7-5-6-8-16-13(9-12(3)4)10-14-15-16;1-11(2)7-5-6-8-13-10-16(15-14-13)9-12(3)4;1-10(2)5-6-12-9-15(14-13-12)8-7-11(3)4;1-10(2)6-5-7-12-9-15(14-13-12)8-11(3)4/h12-14H,5-11H2,1-4H3;11-13H,5-10H2,1-4H3;10-12H,5-9H2,1-4H3;9,11-12H,5-8,10H2,1-4H3;2*10-12H,5-9H2,1-4H3;2*9-11H,5-8H2,1-4H3. The topological polar surface area (TPSA) is 246 Å². The van der Waals surface area contributed by atoms with Gasteiger partial charge in [0.05, 0.1) is 70.3 Å². The summed E-state index contributed by atoms with van der Waals surface area (Å²) in [5.74, 6) is 12.0. The molecule has 0 atom stereocenters. The molecule has 0 N–H and O–H groups in total. The Bertz CT molecular complexity index is 3690. The molecule has 8 aromatic heterocycles. The van der Waals surface area contributed by atoms with Gasteiger partial charge in [0.25, 0.3) is 0 Å². The largest absolute Gasteiger partial charge is 0.252 e. The third kappa shape index (κ3) is 68.7. The Balaban J connectivity index is 0.000000738. The minimum Gasteiger partial charge on any atom is -0.252 e. The highest BCUT2D eigenvalue weighted by molar-refractivity contribution is 4.99. The highest BCUT2D eigenvalue weighted by atomic mass is 15.5. The molecule has 0 amide bonds. The van der Waals surface area contributed by atoms with Crippen molar-refractivity contribution in [3.63, 3.8) is 0 Å². The molecule has 24 nitrogen and oxygen atoms in total. The normalized spacial score (nSPS) is 11.6. The second-order valence-electron chi connectivity index (χ2n) is 43.9. The molecule has 24 heteroatoms. The zero-order chi connectivity index (χ0) is 96.4. The molecule has 0 fully saturated rings. The summed E-state index contributed by atoms with van der Waals surface area (Å²) >= 11 is 0. The fourth-order valence-corrected chi connectivity index (χ4v) is 14.2. The highest BCUT2D eigenvalue weighted by Gasteiger charge is 2.14. The molecule has 0 aliphatic heterocycles. The smallest absolute Gasteiger partial charge is 0.0827 e. The molecule has 0 spiro atoms. The molecule has 0 aliphatic rings. The fraction of sp³-hybridized carbons (Fsp3) is 0.848. The Morgan fingerprint density at radius 3 is 0.822 bits per heavy atom. The van der Waals surface area contributed by atoms with Crippen LogP contribution in [0.5, 0.6) is 0 Å². The Labute approximate surface area is 791 Å². The maximum Gasteiger partial charge on any atom is 0.0827 e. The van der Waals surface area contributed by atoms with Crippen molar-refractivity contribution in [2.75, 3.05) is 0 Å². The van der Waals surface area contributed by atoms with E-state index in [0.717, 1.165) is 198 Å². The minimum absolute atomic E-state index is 0.634. The van der Waals surface area contributed by atoms with E-state index in [1.54, 1.807) is 0 Å². The van der Waals surface area contributed by atoms with Gasteiger partial charge in [0.1, 0.15) is 0 Å². The van der Waals surface area contributed by atoms with Gasteiger partial charge in [-0.25, -0.2) is 18.7 Å². The SMILES string of the molecule is CC(C)CCCCc1cn(CC(C)C)nn1.CC(C)CCCCc1cnnn1CC(C)C.CC(C)CCCCc1cnnn1CCC(C)C.CC(C)CCCCn1nncc1CC(C)C.CC(C)CCCCn1nncc1CCCC(C)C.CC(C)CCCc1cn(CC(C)C)nn1.CC(C)CCCn1cc(CCC(C)C)nn1.CC(C)CCc1cn(CCC(C)C)nn1. The number of aryl methyl sites for hydroxylation is 12. The van der Waals surface area contributed by atoms with E-state index in [4.69, 9.17) is 0 Å². The molecule has 0 saturated heterocycles. The van der Waals surface area contributed by atoms with Gasteiger partial charge in [-0.05, 0) is 230 Å². The van der Waals surface area contributed by atoms with Crippen LogP contribution in [-0.4, -0.2) is 120 Å². The average Bonchev–Trinajstić information content (AvgIpc) is 1.75. The molecule has 742 valence electrons. The van der Waals surface area contributed by atoms with Gasteiger partial charge < -0.3 is 0 Å². The van der Waals surface area contributed by atoms with Crippen LogP contribution in [0.1, 0.15) is 428 Å². The first-order chi connectivity index (χ1) is 61.2. The molecule has 129 heavy (non-hydrogen) atoms. The predicted octanol–water partition coefficient (Wildman–Crippen LogP) is 26.8. The number of rotatable bonds is 57. The van der Waals surface area contributed by atoms with Gasteiger partial charge in [-0.1, -0.05) is 340 Å². The fourth-order valence-electron chi connectivity index (χ4n) is 14.2. The molecule has 0 aromatic carbocycles. The summed E-state index contributed by atoms with van der Waals surface area (Å²) in [6, 6.07) is 0. The molecule has 0 unspecified atom stereocenters. The van der Waals surface area contributed by atoms with Crippen LogP contribution in [0.4, 0.5) is 0 Å². The quantitative estimate of drug-likeness (QED) is 0.0322. The lowest BCUT2D eigenvalue weighted by atomic mass is 10.0. The van der Waals surface area contributed by atoms with Gasteiger partial charge in [0, 0.05) is 77.1 Å². The van der Waals surface area contributed by atoms with E-state index in [0.29, 0.717) is 23.7 Å². The summed E-state index contributed by atoms with van der Waals surface area (Å²) in [7, 11) is 0. The van der Waals surface area contributed by atoms with E-state index in [2.05, 4.69) is 348 Å². The van der Waals surface area contributed by atoms with E-state index in [-0.39, 0.29) is 0 Å². The molecule has 0 aliphatic carbocycles. The van der Waals surface area contributed by atoms with Crippen LogP contribution < -0.4 is 0 Å². The van der Waals surface area contributed by atoms with Crippen molar-refractivity contribution in [1.82, 2.24) is 120 Å². The number of hydrogen-bond donors (Lipinski definition) is 0. The third-order valence-corrected chi connectivity index (χ3v) is 22.0. The molecule has 0 bridgehead atoms. The number of nitrogens with zero attached hydrogens (tertiary/aromatic N) is 24. The van der Waals surface area contributed by atoms with Crippen LogP contribution in [0.15, 0.2) is 49.6 Å². The number of hydrogen-bond acceptors (Lipinski definition) is 16. The summed E-state index contributed by atoms with van der Waals surface area (Å²) in [5.41, 5.74) is 9.72. The van der Waals surface area contributed by atoms with Crippen LogP contribution in [0.3, 0.4) is 0 Å².